The molecule has 1 saturated heterocycles. The molecule has 1 unspecified atom stereocenters. The zero-order valence-corrected chi connectivity index (χ0v) is 13.7. The van der Waals surface area contributed by atoms with Crippen molar-refractivity contribution < 1.29 is 9.90 Å². The topological polar surface area (TPSA) is 55.8 Å². The molecule has 0 aromatic heterocycles. The summed E-state index contributed by atoms with van der Waals surface area (Å²) < 4.78 is 0. The third-order valence-electron chi connectivity index (χ3n) is 4.16. The highest BCUT2D eigenvalue weighted by atomic mass is 35.5. The van der Waals surface area contributed by atoms with Gasteiger partial charge < -0.3 is 10.4 Å². The first-order chi connectivity index (χ1) is 10.6. The molecule has 1 atom stereocenters. The molecule has 1 aliphatic rings. The Morgan fingerprint density at radius 1 is 1.32 bits per heavy atom. The minimum atomic E-state index is -0.154. The summed E-state index contributed by atoms with van der Waals surface area (Å²) in [5, 5.41) is 12.6. The second-order valence-electron chi connectivity index (χ2n) is 5.59. The largest absolute Gasteiger partial charge is 0.395 e. The van der Waals surface area contributed by atoms with Crippen LogP contribution >= 0.6 is 11.6 Å². The number of aliphatic hydroxyl groups is 1. The van der Waals surface area contributed by atoms with Gasteiger partial charge in [-0.25, -0.2) is 0 Å². The number of aliphatic hydroxyl groups excluding tert-OH is 1. The molecule has 6 heteroatoms. The Morgan fingerprint density at radius 3 is 2.64 bits per heavy atom. The number of benzene rings is 1. The fourth-order valence-electron chi connectivity index (χ4n) is 2.65. The fraction of sp³-hybridized carbons (Fsp3) is 0.562. The number of halogens is 1. The Labute approximate surface area is 136 Å². The van der Waals surface area contributed by atoms with Crippen molar-refractivity contribution in [1.82, 2.24) is 15.1 Å². The minimum Gasteiger partial charge on any atom is -0.395 e. The Bertz CT molecular complexity index is 490. The van der Waals surface area contributed by atoms with Gasteiger partial charge in [-0.2, -0.15) is 0 Å². The number of hydrogen-bond acceptors (Lipinski definition) is 4. The molecule has 2 N–H and O–H groups in total. The van der Waals surface area contributed by atoms with Gasteiger partial charge in [0.2, 0.25) is 5.91 Å². The molecule has 0 spiro atoms. The summed E-state index contributed by atoms with van der Waals surface area (Å²) in [5.41, 5.74) is 0.928. The fourth-order valence-corrected chi connectivity index (χ4v) is 2.86. The van der Waals surface area contributed by atoms with Gasteiger partial charge in [-0.05, 0) is 18.6 Å². The van der Waals surface area contributed by atoms with Gasteiger partial charge in [-0.3, -0.25) is 14.6 Å². The van der Waals surface area contributed by atoms with Crippen molar-refractivity contribution in [2.45, 2.75) is 19.5 Å². The van der Waals surface area contributed by atoms with Gasteiger partial charge in [0.15, 0.2) is 0 Å². The quantitative estimate of drug-likeness (QED) is 0.818. The van der Waals surface area contributed by atoms with E-state index in [1.54, 1.807) is 0 Å². The molecule has 1 aromatic rings. The zero-order chi connectivity index (χ0) is 15.9. The van der Waals surface area contributed by atoms with Gasteiger partial charge in [0.1, 0.15) is 0 Å². The van der Waals surface area contributed by atoms with Crippen LogP contribution < -0.4 is 5.32 Å². The summed E-state index contributed by atoms with van der Waals surface area (Å²) in [4.78, 5) is 16.7. The van der Waals surface area contributed by atoms with Gasteiger partial charge >= 0.3 is 0 Å². The first kappa shape index (κ1) is 17.2. The van der Waals surface area contributed by atoms with E-state index < -0.39 is 0 Å². The molecular weight excluding hydrogens is 302 g/mol. The summed E-state index contributed by atoms with van der Waals surface area (Å²) >= 11 is 6.09. The number of nitrogens with zero attached hydrogens (tertiary/aromatic N) is 2. The molecule has 2 rings (SSSR count). The Balaban J connectivity index is 1.79. The van der Waals surface area contributed by atoms with Crippen molar-refractivity contribution in [1.29, 1.82) is 0 Å². The Hall–Kier alpha value is -1.14. The lowest BCUT2D eigenvalue weighted by molar-refractivity contribution is -0.126. The third kappa shape index (κ3) is 4.68. The molecule has 0 saturated carbocycles. The van der Waals surface area contributed by atoms with E-state index in [0.717, 1.165) is 31.7 Å². The van der Waals surface area contributed by atoms with Crippen LogP contribution in [0.1, 0.15) is 12.5 Å². The molecule has 122 valence electrons. The van der Waals surface area contributed by atoms with Gasteiger partial charge in [-0.15, -0.1) is 0 Å². The normalized spacial score (nSPS) is 18.1. The Morgan fingerprint density at radius 2 is 2.00 bits per heavy atom. The zero-order valence-electron chi connectivity index (χ0n) is 13.0. The predicted molar refractivity (Wildman–Crippen MR) is 87.9 cm³/mol. The summed E-state index contributed by atoms with van der Waals surface area (Å²) in [7, 11) is 0. The smallest absolute Gasteiger partial charge is 0.237 e. The van der Waals surface area contributed by atoms with Crippen LogP contribution in [0.4, 0.5) is 0 Å². The van der Waals surface area contributed by atoms with Crippen molar-refractivity contribution in [3.63, 3.8) is 0 Å². The van der Waals surface area contributed by atoms with Crippen molar-refractivity contribution in [2.24, 2.45) is 0 Å². The molecule has 0 bridgehead atoms. The Kier molecular flexibility index (Phi) is 6.64. The minimum absolute atomic E-state index is 0.0236. The van der Waals surface area contributed by atoms with E-state index in [9.17, 15) is 4.79 Å². The lowest BCUT2D eigenvalue weighted by atomic mass is 10.2. The molecule has 0 radical (unpaired) electrons. The molecule has 1 aromatic carbocycles. The molecule has 5 nitrogen and oxygen atoms in total. The molecule has 1 fully saturated rings. The predicted octanol–water partition coefficient (Wildman–Crippen LogP) is 0.955. The molecule has 0 aliphatic carbocycles. The van der Waals surface area contributed by atoms with E-state index >= 15 is 0 Å². The first-order valence-corrected chi connectivity index (χ1v) is 8.08. The molecule has 1 heterocycles. The lowest BCUT2D eigenvalue weighted by Crippen LogP contribution is -2.54. The van der Waals surface area contributed by atoms with Crippen molar-refractivity contribution in [3.05, 3.63) is 34.9 Å². The number of carbonyl (C=O) groups is 1. The third-order valence-corrected chi connectivity index (χ3v) is 4.53. The maximum atomic E-state index is 12.3. The number of β-amino-alcohol motifs (C(OH)–C–C–N with tert-alkyl or cyclic N) is 1. The number of carbonyl (C=O) groups excluding carboxylic acids is 1. The van der Waals surface area contributed by atoms with Gasteiger partial charge in [0.05, 0.1) is 12.6 Å². The lowest BCUT2D eigenvalue weighted by Gasteiger charge is -2.37. The first-order valence-electron chi connectivity index (χ1n) is 7.70. The number of piperazine rings is 1. The summed E-state index contributed by atoms with van der Waals surface area (Å²) in [5.74, 6) is 0.0236. The van der Waals surface area contributed by atoms with Crippen LogP contribution in [0.3, 0.4) is 0 Å². The summed E-state index contributed by atoms with van der Waals surface area (Å²) in [6.45, 7) is 6.76. The van der Waals surface area contributed by atoms with E-state index in [-0.39, 0.29) is 18.6 Å². The maximum absolute atomic E-state index is 12.3. The summed E-state index contributed by atoms with van der Waals surface area (Å²) in [6.07, 6.45) is 0. The number of rotatable bonds is 6. The number of amides is 1. The van der Waals surface area contributed by atoms with Gasteiger partial charge in [0, 0.05) is 44.3 Å². The second-order valence-corrected chi connectivity index (χ2v) is 5.99. The maximum Gasteiger partial charge on any atom is 0.237 e. The van der Waals surface area contributed by atoms with E-state index in [2.05, 4.69) is 15.1 Å². The average Bonchev–Trinajstić information content (AvgIpc) is 2.54. The van der Waals surface area contributed by atoms with Crippen molar-refractivity contribution in [3.8, 4) is 0 Å². The molecular formula is C16H24ClN3O2. The standard InChI is InChI=1S/C16H24ClN3O2/c1-13(20-8-6-19(7-9-20)10-11-21)16(22)18-12-14-4-2-3-5-15(14)17/h2-5,13,21H,6-12H2,1H3,(H,18,22). The van der Waals surface area contributed by atoms with Crippen molar-refractivity contribution in [2.75, 3.05) is 39.3 Å². The highest BCUT2D eigenvalue weighted by Gasteiger charge is 2.25. The van der Waals surface area contributed by atoms with Crippen LogP contribution in [0, 0.1) is 0 Å². The second kappa shape index (κ2) is 8.48. The summed E-state index contributed by atoms with van der Waals surface area (Å²) in [6, 6.07) is 7.38. The van der Waals surface area contributed by atoms with Crippen LogP contribution in [0.2, 0.25) is 5.02 Å². The molecule has 22 heavy (non-hydrogen) atoms. The van der Waals surface area contributed by atoms with Crippen LogP contribution in [-0.2, 0) is 11.3 Å². The molecule has 1 amide bonds. The van der Waals surface area contributed by atoms with Gasteiger partial charge in [-0.1, -0.05) is 29.8 Å². The van der Waals surface area contributed by atoms with Crippen LogP contribution in [0.5, 0.6) is 0 Å². The van der Waals surface area contributed by atoms with E-state index in [1.807, 2.05) is 31.2 Å². The van der Waals surface area contributed by atoms with Crippen LogP contribution in [0.15, 0.2) is 24.3 Å². The monoisotopic (exact) mass is 325 g/mol. The SMILES string of the molecule is CC(C(=O)NCc1ccccc1Cl)N1CCN(CCO)CC1. The average molecular weight is 326 g/mol. The van der Waals surface area contributed by atoms with E-state index in [0.29, 0.717) is 18.1 Å². The number of hydrogen-bond donors (Lipinski definition) is 2. The van der Waals surface area contributed by atoms with Crippen molar-refractivity contribution >= 4 is 17.5 Å². The highest BCUT2D eigenvalue weighted by Crippen LogP contribution is 2.14. The van der Waals surface area contributed by atoms with Crippen LogP contribution in [0.25, 0.3) is 0 Å². The number of nitrogens with one attached hydrogen (secondary N) is 1. The van der Waals surface area contributed by atoms with Crippen LogP contribution in [-0.4, -0.2) is 66.2 Å². The van der Waals surface area contributed by atoms with Gasteiger partial charge in [0.25, 0.3) is 0 Å². The highest BCUT2D eigenvalue weighted by molar-refractivity contribution is 6.31. The molecule has 1 aliphatic heterocycles. The van der Waals surface area contributed by atoms with E-state index in [4.69, 9.17) is 16.7 Å². The van der Waals surface area contributed by atoms with E-state index in [1.165, 1.54) is 0 Å².